The van der Waals surface area contributed by atoms with E-state index in [9.17, 15) is 14.7 Å². The molecule has 0 atom stereocenters. The summed E-state index contributed by atoms with van der Waals surface area (Å²) in [5.41, 5.74) is 0.884. The van der Waals surface area contributed by atoms with E-state index in [4.69, 9.17) is 0 Å². The molecule has 1 aliphatic carbocycles. The van der Waals surface area contributed by atoms with Crippen molar-refractivity contribution in [1.29, 1.82) is 0 Å². The molecule has 1 aromatic rings. The van der Waals surface area contributed by atoms with Crippen molar-refractivity contribution >= 4 is 33.6 Å². The third kappa shape index (κ3) is 3.56. The van der Waals surface area contributed by atoms with Gasteiger partial charge in [0.05, 0.1) is 11.1 Å². The van der Waals surface area contributed by atoms with Crippen molar-refractivity contribution in [3.05, 3.63) is 28.2 Å². The van der Waals surface area contributed by atoms with Gasteiger partial charge in [-0.3, -0.25) is 4.79 Å². The molecule has 0 unspecified atom stereocenters. The van der Waals surface area contributed by atoms with E-state index in [0.717, 1.165) is 22.9 Å². The highest BCUT2D eigenvalue weighted by atomic mass is 79.9. The molecule has 1 saturated carbocycles. The molecule has 21 heavy (non-hydrogen) atoms. The zero-order valence-electron chi connectivity index (χ0n) is 11.9. The summed E-state index contributed by atoms with van der Waals surface area (Å²) >= 11 is 3.42. The van der Waals surface area contributed by atoms with Crippen molar-refractivity contribution in [1.82, 2.24) is 5.32 Å². The molecule has 0 radical (unpaired) electrons. The molecule has 0 saturated heterocycles. The molecular formula is C15H19BrN2O3. The first-order chi connectivity index (χ1) is 9.94. The fraction of sp³-hybridized carbons (Fsp3) is 0.467. The normalized spacial score (nSPS) is 16.5. The van der Waals surface area contributed by atoms with Gasteiger partial charge in [0, 0.05) is 11.0 Å². The summed E-state index contributed by atoms with van der Waals surface area (Å²) in [5.74, 6) is -0.822. The maximum Gasteiger partial charge on any atom is 0.319 e. The lowest BCUT2D eigenvalue weighted by Crippen LogP contribution is -2.42. The molecule has 1 aliphatic rings. The first-order valence-corrected chi connectivity index (χ1v) is 7.77. The fourth-order valence-corrected chi connectivity index (χ4v) is 3.04. The Bertz CT molecular complexity index is 554. The van der Waals surface area contributed by atoms with Gasteiger partial charge in [-0.25, -0.2) is 4.79 Å². The largest absolute Gasteiger partial charge is 0.481 e. The highest BCUT2D eigenvalue weighted by molar-refractivity contribution is 9.10. The van der Waals surface area contributed by atoms with Gasteiger partial charge in [-0.2, -0.15) is 0 Å². The molecule has 0 aliphatic heterocycles. The standard InChI is InChI=1S/C15H19BrN2O3/c1-10-5-4-6-11(12(10)16)18-14(21)17-9-15(13(19)20)7-2-3-8-15/h4-6H,2-3,7-9H2,1H3,(H,19,20)(H2,17,18,21). The zero-order valence-corrected chi connectivity index (χ0v) is 13.5. The maximum absolute atomic E-state index is 12.0. The SMILES string of the molecule is Cc1cccc(NC(=O)NCC2(C(=O)O)CCCC2)c1Br. The number of benzene rings is 1. The topological polar surface area (TPSA) is 78.4 Å². The molecule has 2 amide bonds. The van der Waals surface area contributed by atoms with E-state index >= 15 is 0 Å². The van der Waals surface area contributed by atoms with Gasteiger partial charge in [0.25, 0.3) is 0 Å². The lowest BCUT2D eigenvalue weighted by molar-refractivity contribution is -0.148. The van der Waals surface area contributed by atoms with Gasteiger partial charge >= 0.3 is 12.0 Å². The molecule has 5 nitrogen and oxygen atoms in total. The number of carbonyl (C=O) groups is 2. The van der Waals surface area contributed by atoms with Gasteiger partial charge in [-0.15, -0.1) is 0 Å². The Morgan fingerprint density at radius 3 is 2.62 bits per heavy atom. The Labute approximate surface area is 132 Å². The van der Waals surface area contributed by atoms with Crippen LogP contribution in [-0.2, 0) is 4.79 Å². The Hall–Kier alpha value is -1.56. The first-order valence-electron chi connectivity index (χ1n) is 6.98. The van der Waals surface area contributed by atoms with E-state index in [1.165, 1.54) is 0 Å². The molecule has 3 N–H and O–H groups in total. The minimum Gasteiger partial charge on any atom is -0.481 e. The van der Waals surface area contributed by atoms with Gasteiger partial charge in [-0.1, -0.05) is 25.0 Å². The number of hydrogen-bond donors (Lipinski definition) is 3. The van der Waals surface area contributed by atoms with E-state index < -0.39 is 11.4 Å². The van der Waals surface area contributed by atoms with Crippen molar-refractivity contribution in [2.45, 2.75) is 32.6 Å². The average molecular weight is 355 g/mol. The predicted octanol–water partition coefficient (Wildman–Crippen LogP) is 3.52. The van der Waals surface area contributed by atoms with Crippen LogP contribution in [0, 0.1) is 12.3 Å². The molecule has 2 rings (SSSR count). The van der Waals surface area contributed by atoms with Gasteiger partial charge < -0.3 is 15.7 Å². The van der Waals surface area contributed by atoms with Gasteiger partial charge in [0.1, 0.15) is 0 Å². The second kappa shape index (κ2) is 6.47. The van der Waals surface area contributed by atoms with Crippen LogP contribution in [0.5, 0.6) is 0 Å². The molecule has 0 aromatic heterocycles. The molecule has 114 valence electrons. The van der Waals surface area contributed by atoms with Crippen LogP contribution in [0.15, 0.2) is 22.7 Å². The summed E-state index contributed by atoms with van der Waals surface area (Å²) in [6.45, 7) is 2.10. The quantitative estimate of drug-likeness (QED) is 0.773. The van der Waals surface area contributed by atoms with Crippen LogP contribution >= 0.6 is 15.9 Å². The summed E-state index contributed by atoms with van der Waals surface area (Å²) in [5, 5.41) is 14.8. The second-order valence-electron chi connectivity index (χ2n) is 5.54. The number of aryl methyl sites for hydroxylation is 1. The fourth-order valence-electron chi connectivity index (χ4n) is 2.68. The van der Waals surface area contributed by atoms with E-state index in [2.05, 4.69) is 26.6 Å². The molecule has 1 fully saturated rings. The number of aliphatic carboxylic acids is 1. The number of halogens is 1. The lowest BCUT2D eigenvalue weighted by Gasteiger charge is -2.24. The number of nitrogens with one attached hydrogen (secondary N) is 2. The Morgan fingerprint density at radius 2 is 2.00 bits per heavy atom. The predicted molar refractivity (Wildman–Crippen MR) is 84.4 cm³/mol. The molecular weight excluding hydrogens is 336 g/mol. The summed E-state index contributed by atoms with van der Waals surface area (Å²) in [7, 11) is 0. The average Bonchev–Trinajstić information content (AvgIpc) is 2.92. The number of rotatable bonds is 4. The van der Waals surface area contributed by atoms with Gasteiger partial charge in [-0.05, 0) is 47.3 Å². The van der Waals surface area contributed by atoms with Crippen molar-refractivity contribution < 1.29 is 14.7 Å². The molecule has 0 heterocycles. The number of urea groups is 1. The Kier molecular flexibility index (Phi) is 4.88. The van der Waals surface area contributed by atoms with Gasteiger partial charge in [0.15, 0.2) is 0 Å². The Balaban J connectivity index is 1.96. The third-order valence-electron chi connectivity index (χ3n) is 4.04. The summed E-state index contributed by atoms with van der Waals surface area (Å²) in [6.07, 6.45) is 3.05. The third-order valence-corrected chi connectivity index (χ3v) is 5.09. The van der Waals surface area contributed by atoms with E-state index in [0.29, 0.717) is 18.5 Å². The van der Waals surface area contributed by atoms with Crippen LogP contribution in [0.3, 0.4) is 0 Å². The molecule has 1 aromatic carbocycles. The molecule has 0 bridgehead atoms. The maximum atomic E-state index is 12.0. The summed E-state index contributed by atoms with van der Waals surface area (Å²) in [4.78, 5) is 23.4. The zero-order chi connectivity index (χ0) is 15.5. The Morgan fingerprint density at radius 1 is 1.33 bits per heavy atom. The van der Waals surface area contributed by atoms with Crippen molar-refractivity contribution in [3.8, 4) is 0 Å². The van der Waals surface area contributed by atoms with E-state index in [-0.39, 0.29) is 12.6 Å². The van der Waals surface area contributed by atoms with Crippen LogP contribution < -0.4 is 10.6 Å². The van der Waals surface area contributed by atoms with E-state index in [1.807, 2.05) is 19.1 Å². The minimum absolute atomic E-state index is 0.164. The smallest absolute Gasteiger partial charge is 0.319 e. The number of carboxylic acid groups (broad SMARTS) is 1. The minimum atomic E-state index is -0.822. The number of hydrogen-bond acceptors (Lipinski definition) is 2. The lowest BCUT2D eigenvalue weighted by atomic mass is 9.86. The highest BCUT2D eigenvalue weighted by Crippen LogP contribution is 2.37. The number of carbonyl (C=O) groups excluding carboxylic acids is 1. The first kappa shape index (κ1) is 15.8. The van der Waals surface area contributed by atoms with Crippen LogP contribution in [0.1, 0.15) is 31.2 Å². The van der Waals surface area contributed by atoms with E-state index in [1.54, 1.807) is 6.07 Å². The molecule has 0 spiro atoms. The van der Waals surface area contributed by atoms with Crippen molar-refractivity contribution in [2.24, 2.45) is 5.41 Å². The summed E-state index contributed by atoms with van der Waals surface area (Å²) in [6, 6.07) is 5.20. The monoisotopic (exact) mass is 354 g/mol. The van der Waals surface area contributed by atoms with Gasteiger partial charge in [0.2, 0.25) is 0 Å². The van der Waals surface area contributed by atoms with Crippen molar-refractivity contribution in [3.63, 3.8) is 0 Å². The number of amides is 2. The molecule has 6 heteroatoms. The van der Waals surface area contributed by atoms with Crippen molar-refractivity contribution in [2.75, 3.05) is 11.9 Å². The highest BCUT2D eigenvalue weighted by Gasteiger charge is 2.41. The van der Waals surface area contributed by atoms with Crippen LogP contribution in [0.25, 0.3) is 0 Å². The number of carboxylic acids is 1. The van der Waals surface area contributed by atoms with Crippen LogP contribution in [0.4, 0.5) is 10.5 Å². The number of anilines is 1. The van der Waals surface area contributed by atoms with Crippen LogP contribution in [-0.4, -0.2) is 23.7 Å². The summed E-state index contributed by atoms with van der Waals surface area (Å²) < 4.78 is 0.828. The second-order valence-corrected chi connectivity index (χ2v) is 6.33. The van der Waals surface area contributed by atoms with Crippen LogP contribution in [0.2, 0.25) is 0 Å².